The quantitative estimate of drug-likeness (QED) is 0.453. The fraction of sp³-hybridized carbons (Fsp3) is 1.00. The number of aliphatic hydroxyl groups is 3. The number of aliphatic hydroxyl groups excluding tert-OH is 3. The van der Waals surface area contributed by atoms with Gasteiger partial charge in [0, 0.05) is 7.11 Å². The van der Waals surface area contributed by atoms with Gasteiger partial charge in [-0.25, -0.2) is 0 Å². The molecule has 2 unspecified atom stereocenters. The zero-order valence-electron chi connectivity index (χ0n) is 7.04. The average Bonchev–Trinajstić information content (AvgIpc) is 2.08. The van der Waals surface area contributed by atoms with E-state index in [0.717, 1.165) is 0 Å². The van der Waals surface area contributed by atoms with Crippen molar-refractivity contribution in [1.82, 2.24) is 0 Å². The fourth-order valence-electron chi connectivity index (χ4n) is 1.21. The van der Waals surface area contributed by atoms with Crippen molar-refractivity contribution in [3.8, 4) is 0 Å². The van der Waals surface area contributed by atoms with E-state index in [9.17, 15) is 15.3 Å². The predicted molar refractivity (Wildman–Crippen MR) is 39.4 cm³/mol. The molecular weight excluding hydrogens is 164 g/mol. The molecule has 0 aromatic carbocycles. The molecule has 3 N–H and O–H groups in total. The predicted octanol–water partition coefficient (Wildman–Crippen LogP) is -1.54. The van der Waals surface area contributed by atoms with E-state index in [1.54, 1.807) is 6.92 Å². The molecular formula is C7H14O5. The van der Waals surface area contributed by atoms with Crippen LogP contribution in [0.3, 0.4) is 0 Å². The van der Waals surface area contributed by atoms with Crippen LogP contribution >= 0.6 is 0 Å². The monoisotopic (exact) mass is 178 g/mol. The van der Waals surface area contributed by atoms with E-state index < -0.39 is 30.7 Å². The average molecular weight is 178 g/mol. The van der Waals surface area contributed by atoms with Crippen LogP contribution in [0.4, 0.5) is 0 Å². The molecule has 1 aliphatic heterocycles. The molecule has 0 aliphatic carbocycles. The van der Waals surface area contributed by atoms with Crippen LogP contribution in [0.25, 0.3) is 0 Å². The molecule has 1 rings (SSSR count). The molecule has 0 spiro atoms. The van der Waals surface area contributed by atoms with Crippen molar-refractivity contribution in [1.29, 1.82) is 0 Å². The normalized spacial score (nSPS) is 49.2. The van der Waals surface area contributed by atoms with E-state index in [1.807, 2.05) is 0 Å². The van der Waals surface area contributed by atoms with Crippen LogP contribution in [0, 0.1) is 0 Å². The maximum Gasteiger partial charge on any atom is 0.186 e. The number of rotatable bonds is 1. The molecule has 1 fully saturated rings. The van der Waals surface area contributed by atoms with Crippen LogP contribution in [0.1, 0.15) is 6.92 Å². The van der Waals surface area contributed by atoms with Gasteiger partial charge in [0.2, 0.25) is 0 Å². The fourth-order valence-corrected chi connectivity index (χ4v) is 1.21. The molecule has 72 valence electrons. The largest absolute Gasteiger partial charge is 0.388 e. The highest BCUT2D eigenvalue weighted by Gasteiger charge is 2.41. The molecule has 0 amide bonds. The second-order valence-corrected chi connectivity index (χ2v) is 2.92. The number of methoxy groups -OCH3 is 1. The van der Waals surface area contributed by atoms with Gasteiger partial charge in [0.25, 0.3) is 0 Å². The van der Waals surface area contributed by atoms with Gasteiger partial charge in [0.05, 0.1) is 6.10 Å². The smallest absolute Gasteiger partial charge is 0.186 e. The van der Waals surface area contributed by atoms with Crippen LogP contribution in [0.2, 0.25) is 0 Å². The summed E-state index contributed by atoms with van der Waals surface area (Å²) in [5.41, 5.74) is 0. The van der Waals surface area contributed by atoms with Crippen molar-refractivity contribution < 1.29 is 24.8 Å². The molecule has 0 aromatic rings. The Labute approximate surface area is 70.5 Å². The third-order valence-electron chi connectivity index (χ3n) is 2.04. The molecule has 5 heteroatoms. The topological polar surface area (TPSA) is 79.2 Å². The standard InChI is InChI=1S/C7H14O5/c1-3-4(8)5(9)6(10)7(11-2)12-3/h3-10H,1-2H3/t3?,4-,5+,6?,7+/m1/s1. The molecule has 1 saturated heterocycles. The lowest BCUT2D eigenvalue weighted by atomic mass is 10.0. The van der Waals surface area contributed by atoms with Crippen LogP contribution in [0.5, 0.6) is 0 Å². The SMILES string of the molecule is CO[C@H]1OC(C)[C@@H](O)[C@H](O)C1O. The van der Waals surface area contributed by atoms with E-state index in [1.165, 1.54) is 7.11 Å². The van der Waals surface area contributed by atoms with Crippen molar-refractivity contribution in [3.63, 3.8) is 0 Å². The van der Waals surface area contributed by atoms with Crippen molar-refractivity contribution in [2.75, 3.05) is 7.11 Å². The van der Waals surface area contributed by atoms with E-state index >= 15 is 0 Å². The Bertz CT molecular complexity index is 146. The second-order valence-electron chi connectivity index (χ2n) is 2.92. The van der Waals surface area contributed by atoms with Gasteiger partial charge in [-0.05, 0) is 6.92 Å². The highest BCUT2D eigenvalue weighted by molar-refractivity contribution is 4.86. The minimum absolute atomic E-state index is 0.534. The van der Waals surface area contributed by atoms with Crippen molar-refractivity contribution >= 4 is 0 Å². The molecule has 1 heterocycles. The summed E-state index contributed by atoms with van der Waals surface area (Å²) in [6.07, 6.45) is -4.86. The zero-order chi connectivity index (χ0) is 9.30. The van der Waals surface area contributed by atoms with Crippen LogP contribution < -0.4 is 0 Å². The summed E-state index contributed by atoms with van der Waals surface area (Å²) in [4.78, 5) is 0. The van der Waals surface area contributed by atoms with Crippen molar-refractivity contribution in [2.24, 2.45) is 0 Å². The number of hydrogen-bond donors (Lipinski definition) is 3. The first kappa shape index (κ1) is 9.88. The third kappa shape index (κ3) is 1.60. The van der Waals surface area contributed by atoms with Gasteiger partial charge in [0.1, 0.15) is 18.3 Å². The Morgan fingerprint density at radius 3 is 2.17 bits per heavy atom. The Hall–Kier alpha value is -0.200. The minimum atomic E-state index is -1.21. The summed E-state index contributed by atoms with van der Waals surface area (Å²) in [7, 11) is 1.37. The van der Waals surface area contributed by atoms with Gasteiger partial charge in [-0.1, -0.05) is 0 Å². The van der Waals surface area contributed by atoms with Gasteiger partial charge in [0.15, 0.2) is 6.29 Å². The highest BCUT2D eigenvalue weighted by Crippen LogP contribution is 2.20. The molecule has 12 heavy (non-hydrogen) atoms. The van der Waals surface area contributed by atoms with Gasteiger partial charge in [-0.3, -0.25) is 0 Å². The molecule has 5 nitrogen and oxygen atoms in total. The minimum Gasteiger partial charge on any atom is -0.388 e. The van der Waals surface area contributed by atoms with Gasteiger partial charge < -0.3 is 24.8 Å². The summed E-state index contributed by atoms with van der Waals surface area (Å²) in [6, 6.07) is 0. The molecule has 0 saturated carbocycles. The lowest BCUT2D eigenvalue weighted by molar-refractivity contribution is -0.286. The summed E-state index contributed by atoms with van der Waals surface area (Å²) in [6.45, 7) is 1.60. The Balaban J connectivity index is 2.63. The first-order valence-electron chi connectivity index (χ1n) is 3.80. The zero-order valence-corrected chi connectivity index (χ0v) is 7.04. The highest BCUT2D eigenvalue weighted by atomic mass is 16.7. The molecule has 0 radical (unpaired) electrons. The first-order valence-corrected chi connectivity index (χ1v) is 3.80. The molecule has 5 atom stereocenters. The maximum atomic E-state index is 9.27. The van der Waals surface area contributed by atoms with Crippen molar-refractivity contribution in [2.45, 2.75) is 37.6 Å². The Morgan fingerprint density at radius 2 is 1.67 bits per heavy atom. The Kier molecular flexibility index (Phi) is 3.03. The van der Waals surface area contributed by atoms with Crippen LogP contribution in [0.15, 0.2) is 0 Å². The van der Waals surface area contributed by atoms with E-state index in [0.29, 0.717) is 0 Å². The maximum absolute atomic E-state index is 9.27. The summed E-state index contributed by atoms with van der Waals surface area (Å²) < 4.78 is 9.80. The summed E-state index contributed by atoms with van der Waals surface area (Å²) >= 11 is 0. The van der Waals surface area contributed by atoms with Gasteiger partial charge in [-0.2, -0.15) is 0 Å². The van der Waals surface area contributed by atoms with E-state index in [4.69, 9.17) is 9.47 Å². The van der Waals surface area contributed by atoms with Crippen LogP contribution in [-0.4, -0.2) is 53.1 Å². The number of ether oxygens (including phenoxy) is 2. The third-order valence-corrected chi connectivity index (χ3v) is 2.04. The number of hydrogen-bond acceptors (Lipinski definition) is 5. The Morgan fingerprint density at radius 1 is 1.08 bits per heavy atom. The van der Waals surface area contributed by atoms with Crippen molar-refractivity contribution in [3.05, 3.63) is 0 Å². The molecule has 0 bridgehead atoms. The van der Waals surface area contributed by atoms with Crippen LogP contribution in [-0.2, 0) is 9.47 Å². The summed E-state index contributed by atoms with van der Waals surface area (Å²) in [5, 5.41) is 27.8. The lowest BCUT2D eigenvalue weighted by Crippen LogP contribution is -2.57. The molecule has 0 aromatic heterocycles. The van der Waals surface area contributed by atoms with E-state index in [2.05, 4.69) is 0 Å². The summed E-state index contributed by atoms with van der Waals surface area (Å²) in [5.74, 6) is 0. The molecule has 1 aliphatic rings. The second kappa shape index (κ2) is 3.68. The first-order chi connectivity index (χ1) is 5.57. The van der Waals surface area contributed by atoms with Gasteiger partial charge in [-0.15, -0.1) is 0 Å². The van der Waals surface area contributed by atoms with E-state index in [-0.39, 0.29) is 0 Å². The van der Waals surface area contributed by atoms with Gasteiger partial charge >= 0.3 is 0 Å². The lowest BCUT2D eigenvalue weighted by Gasteiger charge is -2.38.